The molecule has 196 valence electrons. The molecule has 0 fully saturated rings. The second kappa shape index (κ2) is 10.0. The maximum absolute atomic E-state index is 13.7. The van der Waals surface area contributed by atoms with Gasteiger partial charge in [0.15, 0.2) is 0 Å². The van der Waals surface area contributed by atoms with Gasteiger partial charge in [-0.25, -0.2) is 4.39 Å². The second-order valence-corrected chi connectivity index (χ2v) is 9.89. The van der Waals surface area contributed by atoms with Crippen molar-refractivity contribution in [1.82, 2.24) is 4.57 Å². The van der Waals surface area contributed by atoms with Crippen molar-refractivity contribution >= 4 is 40.1 Å². The Bertz CT molecular complexity index is 1580. The van der Waals surface area contributed by atoms with Gasteiger partial charge in [0.25, 0.3) is 5.91 Å². The zero-order valence-corrected chi connectivity index (χ0v) is 21.9. The Morgan fingerprint density at radius 2 is 1.92 bits per heavy atom. The zero-order chi connectivity index (χ0) is 27.1. The van der Waals surface area contributed by atoms with Crippen molar-refractivity contribution in [3.63, 3.8) is 0 Å². The first-order valence-electron chi connectivity index (χ1n) is 12.1. The van der Waals surface area contributed by atoms with Crippen LogP contribution in [0.25, 0.3) is 10.9 Å². The number of aromatic nitrogens is 1. The van der Waals surface area contributed by atoms with E-state index in [0.29, 0.717) is 62.0 Å². The van der Waals surface area contributed by atoms with Gasteiger partial charge in [0.1, 0.15) is 30.0 Å². The number of anilines is 1. The number of hydrogen-bond acceptors (Lipinski definition) is 5. The van der Waals surface area contributed by atoms with Crippen LogP contribution in [-0.2, 0) is 11.2 Å². The Hall–Kier alpha value is -4.04. The van der Waals surface area contributed by atoms with E-state index in [1.165, 1.54) is 12.1 Å². The van der Waals surface area contributed by atoms with Gasteiger partial charge in [0, 0.05) is 34.8 Å². The molecule has 9 heteroatoms. The lowest BCUT2D eigenvalue weighted by Gasteiger charge is -2.33. The van der Waals surface area contributed by atoms with Gasteiger partial charge in [-0.15, -0.1) is 0 Å². The summed E-state index contributed by atoms with van der Waals surface area (Å²) in [4.78, 5) is 27.1. The molecular weight excluding hydrogens is 511 g/mol. The first-order chi connectivity index (χ1) is 18.1. The molecule has 1 aliphatic rings. The number of aliphatic carboxylic acids is 1. The number of halogens is 2. The maximum atomic E-state index is 13.7. The Morgan fingerprint density at radius 1 is 1.13 bits per heavy atom. The van der Waals surface area contributed by atoms with E-state index in [0.717, 1.165) is 0 Å². The second-order valence-electron chi connectivity index (χ2n) is 9.46. The smallest absolute Gasteiger partial charge is 0.307 e. The van der Waals surface area contributed by atoms with E-state index in [-0.39, 0.29) is 30.9 Å². The van der Waals surface area contributed by atoms with Crippen molar-refractivity contribution < 1.29 is 28.6 Å². The number of aryl methyl sites for hydroxylation is 1. The molecule has 1 atom stereocenters. The van der Waals surface area contributed by atoms with Crippen LogP contribution in [0.2, 0.25) is 5.02 Å². The average Bonchev–Trinajstić information content (AvgIpc) is 3.13. The van der Waals surface area contributed by atoms with E-state index >= 15 is 0 Å². The molecule has 5 rings (SSSR count). The lowest BCUT2D eigenvalue weighted by Crippen LogP contribution is -2.41. The highest BCUT2D eigenvalue weighted by Gasteiger charge is 2.25. The van der Waals surface area contributed by atoms with Crippen molar-refractivity contribution in [1.29, 1.82) is 0 Å². The van der Waals surface area contributed by atoms with Gasteiger partial charge in [-0.05, 0) is 73.5 Å². The van der Waals surface area contributed by atoms with Crippen LogP contribution >= 0.6 is 11.6 Å². The molecule has 4 aromatic rings. The average molecular weight is 537 g/mol. The van der Waals surface area contributed by atoms with Gasteiger partial charge in [0.05, 0.1) is 24.2 Å². The van der Waals surface area contributed by atoms with Crippen LogP contribution in [0.1, 0.15) is 27.2 Å². The molecule has 1 N–H and O–H groups in total. The zero-order valence-electron chi connectivity index (χ0n) is 21.1. The largest absolute Gasteiger partial charge is 0.490 e. The number of carboxylic acids is 1. The van der Waals surface area contributed by atoms with Crippen molar-refractivity contribution in [3.05, 3.63) is 87.8 Å². The quantitative estimate of drug-likeness (QED) is 0.343. The lowest BCUT2D eigenvalue weighted by molar-refractivity contribution is -0.136. The van der Waals surface area contributed by atoms with Crippen molar-refractivity contribution in [2.75, 3.05) is 25.1 Å². The number of ether oxygens (including phenoxy) is 2. The van der Waals surface area contributed by atoms with E-state index in [1.54, 1.807) is 54.0 Å². The molecule has 38 heavy (non-hydrogen) atoms. The van der Waals surface area contributed by atoms with Crippen LogP contribution in [-0.4, -0.2) is 47.9 Å². The van der Waals surface area contributed by atoms with Crippen molar-refractivity contribution in [3.8, 4) is 11.5 Å². The minimum absolute atomic E-state index is 0.216. The SMILES string of the molecule is Cc1cc(OC[C@@H]2CN(C)c3cc(F)ccc3O2)ccc1C(=O)n1c(C)c(CC(=O)O)c2cc(Cl)ccc21. The highest BCUT2D eigenvalue weighted by Crippen LogP contribution is 2.34. The summed E-state index contributed by atoms with van der Waals surface area (Å²) in [6.07, 6.45) is -0.472. The molecular formula is C29H26ClFN2O5. The minimum atomic E-state index is -0.985. The molecule has 0 radical (unpaired) electrons. The molecule has 0 spiro atoms. The maximum Gasteiger partial charge on any atom is 0.307 e. The fraction of sp³-hybridized carbons (Fsp3) is 0.241. The van der Waals surface area contributed by atoms with E-state index in [4.69, 9.17) is 21.1 Å². The lowest BCUT2D eigenvalue weighted by atomic mass is 10.1. The van der Waals surface area contributed by atoms with Crippen LogP contribution in [0.5, 0.6) is 11.5 Å². The number of fused-ring (bicyclic) bond motifs is 2. The summed E-state index contributed by atoms with van der Waals surface area (Å²) >= 11 is 6.17. The van der Waals surface area contributed by atoms with Gasteiger partial charge in [-0.1, -0.05) is 11.6 Å². The van der Waals surface area contributed by atoms with Gasteiger partial charge < -0.3 is 19.5 Å². The predicted molar refractivity (Wildman–Crippen MR) is 144 cm³/mol. The molecule has 0 bridgehead atoms. The van der Waals surface area contributed by atoms with Gasteiger partial charge >= 0.3 is 5.97 Å². The summed E-state index contributed by atoms with van der Waals surface area (Å²) in [7, 11) is 1.88. The number of benzene rings is 3. The fourth-order valence-electron chi connectivity index (χ4n) is 4.96. The number of carboxylic acid groups (broad SMARTS) is 1. The third-order valence-electron chi connectivity index (χ3n) is 6.80. The normalized spacial score (nSPS) is 14.8. The fourth-order valence-corrected chi connectivity index (χ4v) is 5.14. The standard InChI is InChI=1S/C29H26ClFN2O5/c1-16-10-20(37-15-21-14-32(3)26-12-19(31)5-9-27(26)38-21)6-7-22(16)29(36)33-17(2)23(13-28(34)35)24-11-18(30)4-8-25(24)33/h4-12,21H,13-15H2,1-3H3,(H,34,35)/t21-/m0/s1. The summed E-state index contributed by atoms with van der Waals surface area (Å²) < 4.78 is 27.1. The molecule has 1 aliphatic heterocycles. The van der Waals surface area contributed by atoms with Crippen molar-refractivity contribution in [2.24, 2.45) is 0 Å². The summed E-state index contributed by atoms with van der Waals surface area (Å²) in [6.45, 7) is 4.37. The number of hydrogen-bond donors (Lipinski definition) is 1. The monoisotopic (exact) mass is 536 g/mol. The highest BCUT2D eigenvalue weighted by molar-refractivity contribution is 6.31. The Morgan fingerprint density at radius 3 is 2.66 bits per heavy atom. The van der Waals surface area contributed by atoms with E-state index in [9.17, 15) is 19.1 Å². The number of likely N-dealkylation sites (N-methyl/N-ethyl adjacent to an activating group) is 1. The van der Waals surface area contributed by atoms with E-state index in [1.807, 2.05) is 18.9 Å². The van der Waals surface area contributed by atoms with Gasteiger partial charge in [-0.3, -0.25) is 14.2 Å². The van der Waals surface area contributed by atoms with E-state index in [2.05, 4.69) is 0 Å². The molecule has 7 nitrogen and oxygen atoms in total. The van der Waals surface area contributed by atoms with Crippen molar-refractivity contribution in [2.45, 2.75) is 26.4 Å². The minimum Gasteiger partial charge on any atom is -0.490 e. The third kappa shape index (κ3) is 4.79. The molecule has 1 aromatic heterocycles. The first-order valence-corrected chi connectivity index (χ1v) is 12.5. The third-order valence-corrected chi connectivity index (χ3v) is 7.03. The van der Waals surface area contributed by atoms with Crippen LogP contribution in [0.3, 0.4) is 0 Å². The number of carbonyl (C=O) groups excluding carboxylic acids is 1. The number of carbonyl (C=O) groups is 2. The molecule has 2 heterocycles. The molecule has 0 saturated carbocycles. The Balaban J connectivity index is 1.36. The highest BCUT2D eigenvalue weighted by atomic mass is 35.5. The topological polar surface area (TPSA) is 81.0 Å². The Labute approximate surface area is 223 Å². The molecule has 0 amide bonds. The van der Waals surface area contributed by atoms with Gasteiger partial charge in [-0.2, -0.15) is 0 Å². The molecule has 3 aromatic carbocycles. The van der Waals surface area contributed by atoms with Crippen LogP contribution in [0.15, 0.2) is 54.6 Å². The first kappa shape index (κ1) is 25.6. The predicted octanol–water partition coefficient (Wildman–Crippen LogP) is 5.64. The van der Waals surface area contributed by atoms with Crippen LogP contribution in [0, 0.1) is 19.7 Å². The summed E-state index contributed by atoms with van der Waals surface area (Å²) in [5, 5.41) is 10.5. The molecule has 0 saturated heterocycles. The van der Waals surface area contributed by atoms with Crippen LogP contribution < -0.4 is 14.4 Å². The van der Waals surface area contributed by atoms with Crippen LogP contribution in [0.4, 0.5) is 10.1 Å². The summed E-state index contributed by atoms with van der Waals surface area (Å²) in [5.74, 6) is -0.381. The summed E-state index contributed by atoms with van der Waals surface area (Å²) in [6, 6.07) is 14.7. The number of rotatable bonds is 6. The summed E-state index contributed by atoms with van der Waals surface area (Å²) in [5.41, 5.74) is 3.60. The number of nitrogens with zero attached hydrogens (tertiary/aromatic N) is 2. The molecule has 0 unspecified atom stereocenters. The van der Waals surface area contributed by atoms with Gasteiger partial charge in [0.2, 0.25) is 0 Å². The molecule has 0 aliphatic carbocycles. The Kier molecular flexibility index (Phi) is 6.75. The van der Waals surface area contributed by atoms with E-state index < -0.39 is 5.97 Å².